The maximum absolute atomic E-state index is 3.72. The lowest BCUT2D eigenvalue weighted by Gasteiger charge is -2.24. The van der Waals surface area contributed by atoms with Crippen LogP contribution in [0.3, 0.4) is 0 Å². The van der Waals surface area contributed by atoms with Gasteiger partial charge in [0, 0.05) is 5.54 Å². The van der Waals surface area contributed by atoms with Crippen LogP contribution in [-0.2, 0) is 0 Å². The van der Waals surface area contributed by atoms with Gasteiger partial charge >= 0.3 is 0 Å². The van der Waals surface area contributed by atoms with Gasteiger partial charge < -0.3 is 5.32 Å². The smallest absolute Gasteiger partial charge is 0.245 e. The third-order valence-electron chi connectivity index (χ3n) is 1.01. The zero-order valence-corrected chi connectivity index (χ0v) is 8.86. The molecule has 0 radical (unpaired) electrons. The molecule has 0 aliphatic heterocycles. The van der Waals surface area contributed by atoms with Gasteiger partial charge in [0.1, 0.15) is 0 Å². The summed E-state index contributed by atoms with van der Waals surface area (Å²) in [4.78, 5) is 0.546. The molecule has 0 fully saturated rings. The minimum absolute atomic E-state index is 0.237. The Bertz CT molecular complexity index is 93.6. The summed E-state index contributed by atoms with van der Waals surface area (Å²) < 4.78 is 0. The van der Waals surface area contributed by atoms with Crippen molar-refractivity contribution in [3.63, 3.8) is 0 Å². The van der Waals surface area contributed by atoms with E-state index in [0.717, 1.165) is 16.3 Å². The summed E-state index contributed by atoms with van der Waals surface area (Å²) in [6.07, 6.45) is 1.97. The van der Waals surface area contributed by atoms with Gasteiger partial charge in [-0.3, -0.25) is 0 Å². The average molecular weight is 141 g/mol. The Kier molecular flexibility index (Phi) is 3.50. The number of nitrogens with one attached hydrogen (secondary N) is 1. The van der Waals surface area contributed by atoms with E-state index in [1.165, 1.54) is 0 Å². The van der Waals surface area contributed by atoms with E-state index in [4.69, 9.17) is 0 Å². The van der Waals surface area contributed by atoms with Gasteiger partial charge in [-0.05, 0) is 25.7 Å². The van der Waals surface area contributed by atoms with Gasteiger partial charge in [-0.25, -0.2) is 0 Å². The fourth-order valence-corrected chi connectivity index (χ4v) is 1.61. The Morgan fingerprint density at radius 2 is 2.00 bits per heavy atom. The molecule has 0 rings (SSSR count). The predicted molar refractivity (Wildman–Crippen MR) is 45.4 cm³/mol. The van der Waals surface area contributed by atoms with Gasteiger partial charge in [0.25, 0.3) is 0 Å². The molecule has 52 valence electrons. The van der Waals surface area contributed by atoms with Crippen molar-refractivity contribution in [2.75, 3.05) is 0 Å². The molecule has 1 nitrogen and oxygen atoms in total. The van der Waals surface area contributed by atoms with Crippen LogP contribution in [-0.4, -0.2) is 26.7 Å². The van der Waals surface area contributed by atoms with Crippen molar-refractivity contribution in [2.45, 2.75) is 31.2 Å². The minimum Gasteiger partial charge on any atom is -0.320 e. The van der Waals surface area contributed by atoms with Crippen LogP contribution in [0.1, 0.15) is 20.8 Å². The zero-order valence-electron chi connectivity index (χ0n) is 6.86. The minimum atomic E-state index is 0.237. The van der Waals surface area contributed by atoms with Crippen LogP contribution < -0.4 is 5.32 Å². The molecule has 0 spiro atoms. The monoisotopic (exact) mass is 141 g/mol. The lowest BCUT2D eigenvalue weighted by atomic mass is 10.1. The summed E-state index contributed by atoms with van der Waals surface area (Å²) >= 11 is 1.14. The van der Waals surface area contributed by atoms with Gasteiger partial charge in [0.15, 0.2) is 0 Å². The SMILES string of the molecule is C=C[CH]([AlH2])NC(C)(C)C. The Labute approximate surface area is 66.0 Å². The maximum atomic E-state index is 3.72. The zero-order chi connectivity index (χ0) is 7.49. The van der Waals surface area contributed by atoms with E-state index in [1.807, 2.05) is 6.08 Å². The molecule has 2 heteroatoms. The van der Waals surface area contributed by atoms with Crippen molar-refractivity contribution in [2.24, 2.45) is 0 Å². The predicted octanol–water partition coefficient (Wildman–Crippen LogP) is 0.520. The molecule has 1 N–H and O–H groups in total. The Balaban J connectivity index is 3.59. The Morgan fingerprint density at radius 1 is 1.56 bits per heavy atom. The number of rotatable bonds is 2. The van der Waals surface area contributed by atoms with Gasteiger partial charge in [-0.15, -0.1) is 6.58 Å². The van der Waals surface area contributed by atoms with Crippen molar-refractivity contribution < 1.29 is 0 Å². The molecule has 0 saturated carbocycles. The van der Waals surface area contributed by atoms with Gasteiger partial charge in [0.05, 0.1) is 0 Å². The topological polar surface area (TPSA) is 12.0 Å². The highest BCUT2D eigenvalue weighted by Crippen LogP contribution is 1.99. The van der Waals surface area contributed by atoms with Gasteiger partial charge in [-0.1, -0.05) is 6.08 Å². The summed E-state index contributed by atoms with van der Waals surface area (Å²) in [5, 5.41) is 3.41. The molecule has 0 aliphatic carbocycles. The molecule has 0 bridgehead atoms. The van der Waals surface area contributed by atoms with E-state index in [9.17, 15) is 0 Å². The average Bonchev–Trinajstić information content (AvgIpc) is 1.62. The van der Waals surface area contributed by atoms with Crippen LogP contribution >= 0.6 is 0 Å². The summed E-state index contributed by atoms with van der Waals surface area (Å²) in [5.74, 6) is 0. The summed E-state index contributed by atoms with van der Waals surface area (Å²) in [6.45, 7) is 10.2. The van der Waals surface area contributed by atoms with Crippen molar-refractivity contribution in [3.05, 3.63) is 12.7 Å². The standard InChI is InChI=1S/C7H14N.Al.2H/c1-5-6-8-7(2,3)4;;;/h5-6,8H,1H2,2-4H3;;;. The van der Waals surface area contributed by atoms with Crippen molar-refractivity contribution in [1.29, 1.82) is 0 Å². The summed E-state index contributed by atoms with van der Waals surface area (Å²) in [7, 11) is 0. The molecule has 0 aromatic heterocycles. The second-order valence-electron chi connectivity index (χ2n) is 3.42. The lowest BCUT2D eigenvalue weighted by Crippen LogP contribution is -2.42. The molecule has 0 heterocycles. The van der Waals surface area contributed by atoms with Crippen LogP contribution in [0.15, 0.2) is 12.7 Å². The highest BCUT2D eigenvalue weighted by Gasteiger charge is 2.09. The molecule has 1 atom stereocenters. The highest BCUT2D eigenvalue weighted by atomic mass is 27.0. The summed E-state index contributed by atoms with van der Waals surface area (Å²) in [5.41, 5.74) is 0.237. The largest absolute Gasteiger partial charge is 0.320 e. The molecule has 0 aromatic carbocycles. The first-order valence-electron chi connectivity index (χ1n) is 3.36. The van der Waals surface area contributed by atoms with E-state index in [1.54, 1.807) is 0 Å². The van der Waals surface area contributed by atoms with Crippen molar-refractivity contribution in [3.8, 4) is 0 Å². The first-order chi connectivity index (χ1) is 3.95. The van der Waals surface area contributed by atoms with E-state index in [0.29, 0.717) is 4.90 Å². The lowest BCUT2D eigenvalue weighted by molar-refractivity contribution is 0.433. The molecule has 0 amide bonds. The number of hydrogen-bond acceptors (Lipinski definition) is 1. The van der Waals surface area contributed by atoms with Crippen LogP contribution in [0.4, 0.5) is 0 Å². The molecule has 0 saturated heterocycles. The van der Waals surface area contributed by atoms with Crippen LogP contribution in [0.25, 0.3) is 0 Å². The van der Waals surface area contributed by atoms with Gasteiger partial charge in [-0.2, -0.15) is 0 Å². The van der Waals surface area contributed by atoms with E-state index < -0.39 is 0 Å². The van der Waals surface area contributed by atoms with E-state index >= 15 is 0 Å². The first-order valence-corrected chi connectivity index (χ1v) is 4.51. The van der Waals surface area contributed by atoms with Gasteiger partial charge in [0.2, 0.25) is 16.3 Å². The molecule has 0 aromatic rings. The third kappa shape index (κ3) is 6.11. The van der Waals surface area contributed by atoms with Crippen LogP contribution in [0, 0.1) is 0 Å². The van der Waals surface area contributed by atoms with Crippen molar-refractivity contribution in [1.82, 2.24) is 5.32 Å². The normalized spacial score (nSPS) is 15.0. The van der Waals surface area contributed by atoms with E-state index in [-0.39, 0.29) is 5.54 Å². The molecular weight excluding hydrogens is 125 g/mol. The van der Waals surface area contributed by atoms with Crippen molar-refractivity contribution >= 4 is 16.3 Å². The Hall–Kier alpha value is 0.232. The third-order valence-corrected chi connectivity index (χ3v) is 1.77. The summed E-state index contributed by atoms with van der Waals surface area (Å²) in [6, 6.07) is 0. The van der Waals surface area contributed by atoms with Crippen LogP contribution in [0.5, 0.6) is 0 Å². The highest BCUT2D eigenvalue weighted by molar-refractivity contribution is 6.13. The Morgan fingerprint density at radius 3 is 2.11 bits per heavy atom. The molecule has 0 aliphatic rings. The van der Waals surface area contributed by atoms with Crippen LogP contribution in [0.2, 0.25) is 0 Å². The van der Waals surface area contributed by atoms with E-state index in [2.05, 4.69) is 32.7 Å². The molecule has 9 heavy (non-hydrogen) atoms. The molecular formula is C7H16AlN. The second-order valence-corrected chi connectivity index (χ2v) is 4.66. The quantitative estimate of drug-likeness (QED) is 0.436. The molecule has 1 unspecified atom stereocenters. The second kappa shape index (κ2) is 3.41. The first kappa shape index (κ1) is 9.23. The fourth-order valence-electron chi connectivity index (χ4n) is 0.742. The maximum Gasteiger partial charge on any atom is 0.245 e. The number of hydrogen-bond donors (Lipinski definition) is 1. The fraction of sp³-hybridized carbons (Fsp3) is 0.714.